The van der Waals surface area contributed by atoms with Gasteiger partial charge in [0.05, 0.1) is 16.8 Å². The van der Waals surface area contributed by atoms with Crippen LogP contribution in [0.25, 0.3) is 5.82 Å². The highest BCUT2D eigenvalue weighted by Crippen LogP contribution is 2.29. The number of pyridine rings is 1. The lowest BCUT2D eigenvalue weighted by molar-refractivity contribution is -0.137. The second kappa shape index (κ2) is 8.58. The lowest BCUT2D eigenvalue weighted by atomic mass is 10.2. The number of carbonyl (C=O) groups is 2. The van der Waals surface area contributed by atoms with Crippen molar-refractivity contribution in [1.82, 2.24) is 14.8 Å². The monoisotopic (exact) mass is 432 g/mol. The van der Waals surface area contributed by atoms with Crippen LogP contribution in [-0.4, -0.2) is 32.7 Å². The minimum absolute atomic E-state index is 0.138. The number of nitrogens with one attached hydrogen (secondary N) is 1. The highest BCUT2D eigenvalue weighted by Gasteiger charge is 2.30. The zero-order chi connectivity index (χ0) is 22.8. The third-order valence-corrected chi connectivity index (χ3v) is 4.34. The molecule has 1 atom stereocenters. The van der Waals surface area contributed by atoms with Gasteiger partial charge in [-0.15, -0.1) is 0 Å². The Kier molecular flexibility index (Phi) is 6.09. The first-order valence-corrected chi connectivity index (χ1v) is 9.23. The molecule has 7 nitrogen and oxygen atoms in total. The molecule has 0 aliphatic carbocycles. The van der Waals surface area contributed by atoms with Crippen molar-refractivity contribution in [3.05, 3.63) is 71.2 Å². The summed E-state index contributed by atoms with van der Waals surface area (Å²) in [4.78, 5) is 28.7. The van der Waals surface area contributed by atoms with Crippen LogP contribution >= 0.6 is 0 Å². The van der Waals surface area contributed by atoms with E-state index in [9.17, 15) is 22.8 Å². The highest BCUT2D eigenvalue weighted by molar-refractivity contribution is 5.97. The van der Waals surface area contributed by atoms with E-state index in [1.165, 1.54) is 19.2 Å². The zero-order valence-electron chi connectivity index (χ0n) is 16.9. The molecule has 0 aliphatic heterocycles. The van der Waals surface area contributed by atoms with E-state index in [0.717, 1.165) is 35.7 Å². The summed E-state index contributed by atoms with van der Waals surface area (Å²) in [7, 11) is 0. The van der Waals surface area contributed by atoms with Gasteiger partial charge in [-0.25, -0.2) is 14.5 Å². The summed E-state index contributed by atoms with van der Waals surface area (Å²) in [6, 6.07) is 8.93. The SMILES string of the molecule is Cc1cc(C)n(-c2ccc(C(=O)OC(C)C(=O)Nc3ccc(C(F)(F)F)cc3)cn2)n1. The van der Waals surface area contributed by atoms with Crippen molar-refractivity contribution in [3.8, 4) is 5.82 Å². The van der Waals surface area contributed by atoms with Crippen LogP contribution in [0.2, 0.25) is 0 Å². The number of hydrogen-bond acceptors (Lipinski definition) is 5. The van der Waals surface area contributed by atoms with E-state index in [0.29, 0.717) is 5.82 Å². The Balaban J connectivity index is 1.60. The first-order valence-electron chi connectivity index (χ1n) is 9.23. The molecule has 2 heterocycles. The Morgan fingerprint density at radius 3 is 2.29 bits per heavy atom. The van der Waals surface area contributed by atoms with Crippen molar-refractivity contribution in [1.29, 1.82) is 0 Å². The number of alkyl halides is 3. The number of amides is 1. The predicted molar refractivity (Wildman–Crippen MR) is 106 cm³/mol. The Labute approximate surface area is 175 Å². The van der Waals surface area contributed by atoms with Crippen molar-refractivity contribution in [2.75, 3.05) is 5.32 Å². The van der Waals surface area contributed by atoms with Gasteiger partial charge in [0, 0.05) is 17.6 Å². The topological polar surface area (TPSA) is 86.1 Å². The van der Waals surface area contributed by atoms with Gasteiger partial charge in [0.1, 0.15) is 0 Å². The van der Waals surface area contributed by atoms with Crippen LogP contribution in [0.4, 0.5) is 18.9 Å². The first kappa shape index (κ1) is 22.0. The fourth-order valence-corrected chi connectivity index (χ4v) is 2.76. The Morgan fingerprint density at radius 1 is 1.10 bits per heavy atom. The van der Waals surface area contributed by atoms with Crippen LogP contribution in [0.15, 0.2) is 48.7 Å². The normalized spacial score (nSPS) is 12.3. The largest absolute Gasteiger partial charge is 0.449 e. The number of anilines is 1. The van der Waals surface area contributed by atoms with Crippen LogP contribution in [0, 0.1) is 13.8 Å². The van der Waals surface area contributed by atoms with Gasteiger partial charge in [0.25, 0.3) is 5.91 Å². The average Bonchev–Trinajstić information content (AvgIpc) is 3.05. The molecule has 0 aliphatic rings. The summed E-state index contributed by atoms with van der Waals surface area (Å²) in [6.07, 6.45) is -4.33. The molecule has 1 unspecified atom stereocenters. The third kappa shape index (κ3) is 5.27. The number of aryl methyl sites for hydroxylation is 2. The van der Waals surface area contributed by atoms with E-state index in [2.05, 4.69) is 15.4 Å². The zero-order valence-corrected chi connectivity index (χ0v) is 16.9. The smallest absolute Gasteiger partial charge is 0.416 e. The van der Waals surface area contributed by atoms with Gasteiger partial charge < -0.3 is 10.1 Å². The van der Waals surface area contributed by atoms with Gasteiger partial charge in [-0.3, -0.25) is 4.79 Å². The molecule has 0 spiro atoms. The van der Waals surface area contributed by atoms with E-state index in [-0.39, 0.29) is 11.3 Å². The molecule has 0 radical (unpaired) electrons. The fraction of sp³-hybridized carbons (Fsp3) is 0.238. The molecule has 0 saturated carbocycles. The molecule has 31 heavy (non-hydrogen) atoms. The summed E-state index contributed by atoms with van der Waals surface area (Å²) < 4.78 is 44.6. The molecule has 0 bridgehead atoms. The number of nitrogens with zero attached hydrogens (tertiary/aromatic N) is 3. The van der Waals surface area contributed by atoms with Gasteiger partial charge in [-0.05, 0) is 63.2 Å². The highest BCUT2D eigenvalue weighted by atomic mass is 19.4. The van der Waals surface area contributed by atoms with Gasteiger partial charge in [-0.1, -0.05) is 0 Å². The molecule has 3 rings (SSSR count). The van der Waals surface area contributed by atoms with Gasteiger partial charge in [0.2, 0.25) is 0 Å². The van der Waals surface area contributed by atoms with Crippen molar-refractivity contribution >= 4 is 17.6 Å². The number of carbonyl (C=O) groups excluding carboxylic acids is 2. The molecule has 0 fully saturated rings. The summed E-state index contributed by atoms with van der Waals surface area (Å²) >= 11 is 0. The van der Waals surface area contributed by atoms with Gasteiger partial charge >= 0.3 is 12.1 Å². The van der Waals surface area contributed by atoms with Crippen LogP contribution < -0.4 is 5.32 Å². The van der Waals surface area contributed by atoms with E-state index >= 15 is 0 Å². The predicted octanol–water partition coefficient (Wildman–Crippen LogP) is 4.09. The Hall–Kier alpha value is -3.69. The number of halogens is 3. The Morgan fingerprint density at radius 2 is 1.77 bits per heavy atom. The van der Waals surface area contributed by atoms with Gasteiger partial charge in [0.15, 0.2) is 11.9 Å². The molecule has 1 aromatic carbocycles. The minimum atomic E-state index is -4.47. The van der Waals surface area contributed by atoms with Crippen LogP contribution in [0.3, 0.4) is 0 Å². The molecule has 2 aromatic heterocycles. The molecule has 1 N–H and O–H groups in total. The van der Waals surface area contributed by atoms with Crippen LogP contribution in [0.1, 0.15) is 34.2 Å². The van der Waals surface area contributed by atoms with Crippen LogP contribution in [0.5, 0.6) is 0 Å². The summed E-state index contributed by atoms with van der Waals surface area (Å²) in [5.41, 5.74) is 1.17. The second-order valence-corrected chi connectivity index (χ2v) is 6.86. The number of esters is 1. The maximum Gasteiger partial charge on any atom is 0.416 e. The standard InChI is InChI=1S/C21H19F3N4O3/c1-12-10-13(2)28(27-12)18-9-4-15(11-25-18)20(30)31-14(3)19(29)26-17-7-5-16(6-8-17)21(22,23)24/h4-11,14H,1-3H3,(H,26,29). The maximum atomic E-state index is 12.6. The van der Waals surface area contributed by atoms with E-state index in [1.807, 2.05) is 19.9 Å². The maximum absolute atomic E-state index is 12.6. The molecule has 0 saturated heterocycles. The third-order valence-electron chi connectivity index (χ3n) is 4.34. The first-order chi connectivity index (χ1) is 14.5. The average molecular weight is 432 g/mol. The van der Waals surface area contributed by atoms with E-state index < -0.39 is 29.7 Å². The summed E-state index contributed by atoms with van der Waals surface area (Å²) in [5, 5.41) is 6.71. The van der Waals surface area contributed by atoms with E-state index in [4.69, 9.17) is 4.74 Å². The summed E-state index contributed by atoms with van der Waals surface area (Å²) in [6.45, 7) is 5.09. The van der Waals surface area contributed by atoms with Crippen LogP contribution in [-0.2, 0) is 15.7 Å². The molecule has 3 aromatic rings. The number of benzene rings is 1. The second-order valence-electron chi connectivity index (χ2n) is 6.86. The lowest BCUT2D eigenvalue weighted by Gasteiger charge is -2.14. The fourth-order valence-electron chi connectivity index (χ4n) is 2.76. The van der Waals surface area contributed by atoms with Crippen molar-refractivity contribution in [2.24, 2.45) is 0 Å². The molecular weight excluding hydrogens is 413 g/mol. The Bertz CT molecular complexity index is 1090. The molecule has 10 heteroatoms. The van der Waals surface area contributed by atoms with Crippen molar-refractivity contribution in [2.45, 2.75) is 33.1 Å². The number of hydrogen-bond donors (Lipinski definition) is 1. The molecular formula is C21H19F3N4O3. The molecule has 1 amide bonds. The van der Waals surface area contributed by atoms with E-state index in [1.54, 1.807) is 10.7 Å². The quantitative estimate of drug-likeness (QED) is 0.614. The number of ether oxygens (including phenoxy) is 1. The lowest BCUT2D eigenvalue weighted by Crippen LogP contribution is -2.30. The summed E-state index contributed by atoms with van der Waals surface area (Å²) in [5.74, 6) is -0.918. The van der Waals surface area contributed by atoms with Gasteiger partial charge in [-0.2, -0.15) is 18.3 Å². The number of rotatable bonds is 5. The van der Waals surface area contributed by atoms with Crippen molar-refractivity contribution < 1.29 is 27.5 Å². The molecule has 162 valence electrons. The number of aromatic nitrogens is 3. The minimum Gasteiger partial charge on any atom is -0.449 e. The van der Waals surface area contributed by atoms with Crippen molar-refractivity contribution in [3.63, 3.8) is 0 Å².